The minimum Gasteiger partial charge on any atom is -0.468 e. The Morgan fingerprint density at radius 2 is 2.26 bits per heavy atom. The Kier molecular flexibility index (Phi) is 4.16. The van der Waals surface area contributed by atoms with Crippen molar-refractivity contribution in [2.24, 2.45) is 0 Å². The van der Waals surface area contributed by atoms with E-state index in [2.05, 4.69) is 20.3 Å². The number of rotatable bonds is 4. The lowest BCUT2D eigenvalue weighted by Crippen LogP contribution is -2.15. The summed E-state index contributed by atoms with van der Waals surface area (Å²) in [5, 5.41) is 11.7. The third-order valence-corrected chi connectivity index (χ3v) is 3.51. The van der Waals surface area contributed by atoms with Crippen LogP contribution in [0.2, 0.25) is 0 Å². The van der Waals surface area contributed by atoms with E-state index >= 15 is 0 Å². The predicted molar refractivity (Wildman–Crippen MR) is 71.2 cm³/mol. The minimum atomic E-state index is -0.362. The average Bonchev–Trinajstić information content (AvgIpc) is 2.85. The number of esters is 1. The zero-order valence-corrected chi connectivity index (χ0v) is 11.7. The van der Waals surface area contributed by atoms with Crippen LogP contribution < -0.4 is 0 Å². The molecule has 6 nitrogen and oxygen atoms in total. The van der Waals surface area contributed by atoms with Crippen LogP contribution in [-0.4, -0.2) is 38.5 Å². The highest BCUT2D eigenvalue weighted by molar-refractivity contribution is 8.00. The van der Waals surface area contributed by atoms with Crippen LogP contribution in [-0.2, 0) is 9.53 Å². The van der Waals surface area contributed by atoms with Gasteiger partial charge in [0.05, 0.1) is 12.8 Å². The number of benzene rings is 1. The van der Waals surface area contributed by atoms with Gasteiger partial charge in [-0.15, -0.1) is 5.10 Å². The SMILES string of the molecule is COC(=O)[C@@H](C)Sc1nnnn1-c1cccc(C)c1. The molecule has 0 unspecified atom stereocenters. The number of methoxy groups -OCH3 is 1. The lowest BCUT2D eigenvalue weighted by molar-refractivity contribution is -0.139. The van der Waals surface area contributed by atoms with Crippen molar-refractivity contribution in [1.29, 1.82) is 0 Å². The van der Waals surface area contributed by atoms with Gasteiger partial charge in [0.2, 0.25) is 5.16 Å². The molecule has 100 valence electrons. The van der Waals surface area contributed by atoms with E-state index < -0.39 is 0 Å². The number of hydrogen-bond acceptors (Lipinski definition) is 6. The number of carbonyl (C=O) groups is 1. The summed E-state index contributed by atoms with van der Waals surface area (Å²) in [6.07, 6.45) is 0. The molecule has 0 saturated carbocycles. The minimum absolute atomic E-state index is 0.302. The maximum atomic E-state index is 11.4. The Bertz CT molecular complexity index is 585. The van der Waals surface area contributed by atoms with Gasteiger partial charge in [-0.05, 0) is 42.0 Å². The molecule has 2 rings (SSSR count). The molecule has 0 N–H and O–H groups in total. The Hall–Kier alpha value is -1.89. The van der Waals surface area contributed by atoms with Crippen LogP contribution in [0.25, 0.3) is 5.69 Å². The van der Waals surface area contributed by atoms with E-state index in [0.717, 1.165) is 11.3 Å². The monoisotopic (exact) mass is 278 g/mol. The Labute approximate surface area is 115 Å². The van der Waals surface area contributed by atoms with Gasteiger partial charge in [-0.25, -0.2) is 0 Å². The van der Waals surface area contributed by atoms with Gasteiger partial charge >= 0.3 is 5.97 Å². The number of carbonyl (C=O) groups excluding carboxylic acids is 1. The highest BCUT2D eigenvalue weighted by Crippen LogP contribution is 2.23. The number of tetrazole rings is 1. The average molecular weight is 278 g/mol. The second-order valence-electron chi connectivity index (χ2n) is 4.00. The topological polar surface area (TPSA) is 69.9 Å². The third-order valence-electron chi connectivity index (χ3n) is 2.50. The third kappa shape index (κ3) is 3.11. The molecule has 0 fully saturated rings. The van der Waals surface area contributed by atoms with Gasteiger partial charge in [-0.1, -0.05) is 23.9 Å². The summed E-state index contributed by atoms with van der Waals surface area (Å²) in [6.45, 7) is 3.75. The summed E-state index contributed by atoms with van der Waals surface area (Å²) in [6, 6.07) is 7.82. The molecule has 0 radical (unpaired) electrons. The molecule has 0 spiro atoms. The van der Waals surface area contributed by atoms with E-state index in [1.54, 1.807) is 11.6 Å². The van der Waals surface area contributed by atoms with E-state index in [0.29, 0.717) is 5.16 Å². The molecular formula is C12H14N4O2S. The first-order valence-electron chi connectivity index (χ1n) is 5.71. The first-order valence-corrected chi connectivity index (χ1v) is 6.59. The molecule has 1 aromatic heterocycles. The van der Waals surface area contributed by atoms with Crippen LogP contribution in [0.3, 0.4) is 0 Å². The Morgan fingerprint density at radius 3 is 2.95 bits per heavy atom. The molecule has 1 heterocycles. The van der Waals surface area contributed by atoms with E-state index in [1.165, 1.54) is 18.9 Å². The van der Waals surface area contributed by atoms with Crippen molar-refractivity contribution in [2.45, 2.75) is 24.3 Å². The largest absolute Gasteiger partial charge is 0.468 e. The normalized spacial score (nSPS) is 12.2. The highest BCUT2D eigenvalue weighted by Gasteiger charge is 2.19. The van der Waals surface area contributed by atoms with Crippen LogP contribution in [0.4, 0.5) is 0 Å². The summed E-state index contributed by atoms with van der Waals surface area (Å²) in [4.78, 5) is 11.4. The van der Waals surface area contributed by atoms with Gasteiger partial charge in [-0.2, -0.15) is 4.68 Å². The van der Waals surface area contributed by atoms with Crippen molar-refractivity contribution in [3.63, 3.8) is 0 Å². The first-order chi connectivity index (χ1) is 9.11. The molecule has 0 aliphatic heterocycles. The van der Waals surface area contributed by atoms with E-state index in [1.807, 2.05) is 31.2 Å². The van der Waals surface area contributed by atoms with Gasteiger partial charge < -0.3 is 4.74 Å². The summed E-state index contributed by atoms with van der Waals surface area (Å²) in [5.74, 6) is -0.302. The fraction of sp³-hybridized carbons (Fsp3) is 0.333. The molecule has 0 amide bonds. The molecule has 0 bridgehead atoms. The molecule has 2 aromatic rings. The van der Waals surface area contributed by atoms with E-state index in [-0.39, 0.29) is 11.2 Å². The van der Waals surface area contributed by atoms with E-state index in [9.17, 15) is 4.79 Å². The second-order valence-corrected chi connectivity index (χ2v) is 5.30. The second kappa shape index (κ2) is 5.83. The zero-order chi connectivity index (χ0) is 13.8. The lowest BCUT2D eigenvalue weighted by atomic mass is 10.2. The number of nitrogens with zero attached hydrogens (tertiary/aromatic N) is 4. The van der Waals surface area contributed by atoms with Crippen molar-refractivity contribution < 1.29 is 9.53 Å². The van der Waals surface area contributed by atoms with Crippen LogP contribution in [0, 0.1) is 6.92 Å². The predicted octanol–water partition coefficient (Wildman–Crippen LogP) is 1.62. The highest BCUT2D eigenvalue weighted by atomic mass is 32.2. The van der Waals surface area contributed by atoms with Gasteiger partial charge in [-0.3, -0.25) is 4.79 Å². The number of ether oxygens (including phenoxy) is 1. The first kappa shape index (κ1) is 13.5. The van der Waals surface area contributed by atoms with Crippen LogP contribution in [0.1, 0.15) is 12.5 Å². The maximum absolute atomic E-state index is 11.4. The molecule has 1 aromatic carbocycles. The van der Waals surface area contributed by atoms with E-state index in [4.69, 9.17) is 0 Å². The zero-order valence-electron chi connectivity index (χ0n) is 10.9. The number of aromatic nitrogens is 4. The van der Waals surface area contributed by atoms with Gasteiger partial charge in [0.1, 0.15) is 5.25 Å². The van der Waals surface area contributed by atoms with Crippen LogP contribution in [0.5, 0.6) is 0 Å². The molecule has 1 atom stereocenters. The number of hydrogen-bond donors (Lipinski definition) is 0. The van der Waals surface area contributed by atoms with Gasteiger partial charge in [0.25, 0.3) is 0 Å². The van der Waals surface area contributed by atoms with Crippen LogP contribution >= 0.6 is 11.8 Å². The van der Waals surface area contributed by atoms with Crippen molar-refractivity contribution >= 4 is 17.7 Å². The fourth-order valence-corrected chi connectivity index (χ4v) is 2.38. The Morgan fingerprint density at radius 1 is 1.47 bits per heavy atom. The van der Waals surface area contributed by atoms with Crippen molar-refractivity contribution in [3.8, 4) is 5.69 Å². The molecule has 0 saturated heterocycles. The summed E-state index contributed by atoms with van der Waals surface area (Å²) in [5.41, 5.74) is 1.98. The smallest absolute Gasteiger partial charge is 0.318 e. The van der Waals surface area contributed by atoms with Crippen LogP contribution in [0.15, 0.2) is 29.4 Å². The van der Waals surface area contributed by atoms with Crippen molar-refractivity contribution in [1.82, 2.24) is 20.2 Å². The molecule has 7 heteroatoms. The summed E-state index contributed by atoms with van der Waals surface area (Å²) in [7, 11) is 1.36. The molecular weight excluding hydrogens is 264 g/mol. The maximum Gasteiger partial charge on any atom is 0.318 e. The fourth-order valence-electron chi connectivity index (χ4n) is 1.55. The van der Waals surface area contributed by atoms with Gasteiger partial charge in [0, 0.05) is 0 Å². The number of thioether (sulfide) groups is 1. The lowest BCUT2D eigenvalue weighted by Gasteiger charge is -2.08. The summed E-state index contributed by atoms with van der Waals surface area (Å²) < 4.78 is 6.30. The molecule has 0 aliphatic rings. The quantitative estimate of drug-likeness (QED) is 0.625. The Balaban J connectivity index is 2.25. The van der Waals surface area contributed by atoms with Crippen molar-refractivity contribution in [3.05, 3.63) is 29.8 Å². The standard InChI is InChI=1S/C12H14N4O2S/c1-8-5-4-6-10(7-8)16-12(13-14-15-16)19-9(2)11(17)18-3/h4-7,9H,1-3H3/t9-/m1/s1. The molecule has 19 heavy (non-hydrogen) atoms. The van der Waals surface area contributed by atoms with Gasteiger partial charge in [0.15, 0.2) is 0 Å². The molecule has 0 aliphatic carbocycles. The summed E-state index contributed by atoms with van der Waals surface area (Å²) >= 11 is 1.26. The number of aryl methyl sites for hydroxylation is 1. The van der Waals surface area contributed by atoms with Crippen molar-refractivity contribution in [2.75, 3.05) is 7.11 Å².